The molecule has 0 spiro atoms. The van der Waals surface area contributed by atoms with Crippen molar-refractivity contribution in [3.8, 4) is 11.4 Å². The monoisotopic (exact) mass is 532 g/mol. The summed E-state index contributed by atoms with van der Waals surface area (Å²) in [5, 5.41) is 0. The van der Waals surface area contributed by atoms with E-state index in [0.29, 0.717) is 11.5 Å². The molecule has 1 unspecified atom stereocenters. The highest BCUT2D eigenvalue weighted by Gasteiger charge is 2.23. The van der Waals surface area contributed by atoms with Crippen molar-refractivity contribution >= 4 is 28.0 Å². The number of imidazole rings is 2. The largest absolute Gasteiger partial charge is 0.465 e. The van der Waals surface area contributed by atoms with Gasteiger partial charge in [0.05, 0.1) is 34.7 Å². The third kappa shape index (κ3) is 4.61. The van der Waals surface area contributed by atoms with Crippen LogP contribution in [0.15, 0.2) is 72.3 Å². The predicted molar refractivity (Wildman–Crippen MR) is 161 cm³/mol. The zero-order valence-corrected chi connectivity index (χ0v) is 23.8. The van der Waals surface area contributed by atoms with Gasteiger partial charge in [-0.15, -0.1) is 0 Å². The van der Waals surface area contributed by atoms with Gasteiger partial charge in [0.2, 0.25) is 0 Å². The second-order valence-electron chi connectivity index (χ2n) is 10.9. The SMILES string of the molecule is CCCc1nc2cc(-c3nc4ccccc4n3C)cc(C)c2n1CC1=CCC(c2ccccc2C(=O)OC)CC1. The fraction of sp³-hybridized carbons (Fsp3) is 0.324. The van der Waals surface area contributed by atoms with E-state index >= 15 is 0 Å². The number of nitrogens with zero attached hydrogens (tertiary/aromatic N) is 4. The first-order valence-corrected chi connectivity index (χ1v) is 14.2. The van der Waals surface area contributed by atoms with Gasteiger partial charge in [-0.3, -0.25) is 0 Å². The number of fused-ring (bicyclic) bond motifs is 2. The van der Waals surface area contributed by atoms with Crippen LogP contribution in [0.25, 0.3) is 33.5 Å². The van der Waals surface area contributed by atoms with Crippen molar-refractivity contribution in [2.45, 2.75) is 58.4 Å². The number of esters is 1. The Morgan fingerprint density at radius 3 is 2.60 bits per heavy atom. The molecule has 6 heteroatoms. The first-order chi connectivity index (χ1) is 19.5. The lowest BCUT2D eigenvalue weighted by Gasteiger charge is -2.25. The Labute approximate surface area is 235 Å². The van der Waals surface area contributed by atoms with Crippen LogP contribution < -0.4 is 0 Å². The van der Waals surface area contributed by atoms with E-state index in [1.807, 2.05) is 24.3 Å². The second kappa shape index (κ2) is 10.8. The Hall–Kier alpha value is -4.19. The zero-order chi connectivity index (χ0) is 27.8. The van der Waals surface area contributed by atoms with Gasteiger partial charge in [0.1, 0.15) is 11.6 Å². The minimum Gasteiger partial charge on any atom is -0.465 e. The summed E-state index contributed by atoms with van der Waals surface area (Å²) < 4.78 is 9.64. The molecular weight excluding hydrogens is 496 g/mol. The number of allylic oxidation sites excluding steroid dienone is 2. The van der Waals surface area contributed by atoms with E-state index in [-0.39, 0.29) is 5.97 Å². The Kier molecular flexibility index (Phi) is 7.01. The van der Waals surface area contributed by atoms with Crippen LogP contribution in [0.5, 0.6) is 0 Å². The number of carbonyl (C=O) groups excluding carboxylic acids is 1. The molecule has 6 rings (SSSR count). The van der Waals surface area contributed by atoms with Gasteiger partial charge in [0.25, 0.3) is 0 Å². The lowest BCUT2D eigenvalue weighted by molar-refractivity contribution is 0.0598. The van der Waals surface area contributed by atoms with Crippen LogP contribution >= 0.6 is 0 Å². The van der Waals surface area contributed by atoms with Crippen molar-refractivity contribution < 1.29 is 9.53 Å². The summed E-state index contributed by atoms with van der Waals surface area (Å²) in [5.74, 6) is 2.17. The molecular formula is C34H36N4O2. The van der Waals surface area contributed by atoms with Gasteiger partial charge in [0, 0.05) is 25.6 Å². The van der Waals surface area contributed by atoms with Crippen LogP contribution in [-0.2, 0) is 24.8 Å². The van der Waals surface area contributed by atoms with Gasteiger partial charge in [-0.1, -0.05) is 48.9 Å². The molecule has 1 aliphatic carbocycles. The average molecular weight is 533 g/mol. The van der Waals surface area contributed by atoms with Crippen LogP contribution in [0.2, 0.25) is 0 Å². The molecule has 0 bridgehead atoms. The smallest absolute Gasteiger partial charge is 0.338 e. The molecule has 204 valence electrons. The van der Waals surface area contributed by atoms with Crippen molar-refractivity contribution in [2.24, 2.45) is 7.05 Å². The van der Waals surface area contributed by atoms with Crippen LogP contribution in [0.1, 0.15) is 65.8 Å². The van der Waals surface area contributed by atoms with Gasteiger partial charge >= 0.3 is 5.97 Å². The minimum absolute atomic E-state index is 0.257. The molecule has 40 heavy (non-hydrogen) atoms. The summed E-state index contributed by atoms with van der Waals surface area (Å²) in [5.41, 5.74) is 9.91. The lowest BCUT2D eigenvalue weighted by atomic mass is 9.82. The molecule has 3 aromatic carbocycles. The summed E-state index contributed by atoms with van der Waals surface area (Å²) >= 11 is 0. The number of hydrogen-bond donors (Lipinski definition) is 0. The van der Waals surface area contributed by atoms with Gasteiger partial charge in [-0.05, 0) is 80.0 Å². The fourth-order valence-electron chi connectivity index (χ4n) is 6.31. The Morgan fingerprint density at radius 2 is 1.85 bits per heavy atom. The van der Waals surface area contributed by atoms with E-state index in [1.54, 1.807) is 0 Å². The van der Waals surface area contributed by atoms with Crippen molar-refractivity contribution in [1.82, 2.24) is 19.1 Å². The summed E-state index contributed by atoms with van der Waals surface area (Å²) in [6.07, 6.45) is 7.32. The first-order valence-electron chi connectivity index (χ1n) is 14.2. The summed E-state index contributed by atoms with van der Waals surface area (Å²) in [7, 11) is 3.53. The number of para-hydroxylation sites is 2. The Bertz CT molecular complexity index is 1760. The maximum atomic E-state index is 12.3. The van der Waals surface area contributed by atoms with Crippen molar-refractivity contribution in [1.29, 1.82) is 0 Å². The number of hydrogen-bond acceptors (Lipinski definition) is 4. The fourth-order valence-corrected chi connectivity index (χ4v) is 6.31. The van der Waals surface area contributed by atoms with Crippen LogP contribution in [0, 0.1) is 6.92 Å². The minimum atomic E-state index is -0.257. The summed E-state index contributed by atoms with van der Waals surface area (Å²) in [6, 6.07) is 20.6. The van der Waals surface area contributed by atoms with E-state index in [1.165, 1.54) is 23.8 Å². The Balaban J connectivity index is 1.32. The van der Waals surface area contributed by atoms with Crippen LogP contribution in [0.3, 0.4) is 0 Å². The molecule has 0 saturated heterocycles. The normalized spacial score (nSPS) is 15.5. The molecule has 0 N–H and O–H groups in total. The van der Waals surface area contributed by atoms with E-state index in [2.05, 4.69) is 72.5 Å². The third-order valence-electron chi connectivity index (χ3n) is 8.30. The molecule has 0 fully saturated rings. The molecule has 1 atom stereocenters. The second-order valence-corrected chi connectivity index (χ2v) is 10.9. The van der Waals surface area contributed by atoms with E-state index in [0.717, 1.165) is 78.0 Å². The molecule has 0 amide bonds. The number of carbonyl (C=O) groups is 1. The average Bonchev–Trinajstić information content (AvgIpc) is 3.50. The molecule has 2 aromatic heterocycles. The maximum Gasteiger partial charge on any atom is 0.338 e. The Morgan fingerprint density at radius 1 is 1.05 bits per heavy atom. The topological polar surface area (TPSA) is 61.9 Å². The van der Waals surface area contributed by atoms with E-state index < -0.39 is 0 Å². The lowest BCUT2D eigenvalue weighted by Crippen LogP contribution is -2.14. The van der Waals surface area contributed by atoms with Crippen LogP contribution in [-0.4, -0.2) is 32.2 Å². The quantitative estimate of drug-likeness (QED) is 0.161. The predicted octanol–water partition coefficient (Wildman–Crippen LogP) is 7.53. The molecule has 0 radical (unpaired) electrons. The van der Waals surface area contributed by atoms with Crippen LogP contribution in [0.4, 0.5) is 0 Å². The highest BCUT2D eigenvalue weighted by Crippen LogP contribution is 2.36. The number of aryl methyl sites for hydroxylation is 3. The van der Waals surface area contributed by atoms with Gasteiger partial charge in [-0.25, -0.2) is 14.8 Å². The number of rotatable bonds is 7. The summed E-state index contributed by atoms with van der Waals surface area (Å²) in [6.45, 7) is 5.26. The number of ether oxygens (including phenoxy) is 1. The van der Waals surface area contributed by atoms with Gasteiger partial charge in [0.15, 0.2) is 0 Å². The van der Waals surface area contributed by atoms with Crippen molar-refractivity contribution in [3.05, 3.63) is 94.8 Å². The molecule has 2 heterocycles. The van der Waals surface area contributed by atoms with Crippen molar-refractivity contribution in [3.63, 3.8) is 0 Å². The molecule has 5 aromatic rings. The maximum absolute atomic E-state index is 12.3. The first kappa shape index (κ1) is 26.1. The van der Waals surface area contributed by atoms with Crippen molar-refractivity contribution in [2.75, 3.05) is 7.11 Å². The zero-order valence-electron chi connectivity index (χ0n) is 23.8. The molecule has 0 aliphatic heterocycles. The summed E-state index contributed by atoms with van der Waals surface area (Å²) in [4.78, 5) is 22.4. The number of methoxy groups -OCH3 is 1. The van der Waals surface area contributed by atoms with E-state index in [9.17, 15) is 4.79 Å². The molecule has 0 saturated carbocycles. The molecule has 1 aliphatic rings. The highest BCUT2D eigenvalue weighted by molar-refractivity contribution is 5.91. The molecule has 6 nitrogen and oxygen atoms in total. The number of benzene rings is 3. The van der Waals surface area contributed by atoms with Gasteiger partial charge in [-0.2, -0.15) is 0 Å². The number of aromatic nitrogens is 4. The standard InChI is InChI=1S/C34H36N4O2/c1-5-10-31-35-29-20-25(33-36-28-13-8-9-14-30(28)37(33)3)19-22(2)32(29)38(31)21-23-15-17-24(18-16-23)26-11-6-7-12-27(26)34(39)40-4/h6-9,11-15,19-20,24H,5,10,16-18,21H2,1-4H3. The highest BCUT2D eigenvalue weighted by atomic mass is 16.5. The van der Waals surface area contributed by atoms with E-state index in [4.69, 9.17) is 14.7 Å². The van der Waals surface area contributed by atoms with Gasteiger partial charge < -0.3 is 13.9 Å². The third-order valence-corrected chi connectivity index (χ3v) is 8.30.